The van der Waals surface area contributed by atoms with Crippen LogP contribution in [0.3, 0.4) is 0 Å². The van der Waals surface area contributed by atoms with Crippen molar-refractivity contribution < 1.29 is 19.5 Å². The molecule has 0 unspecified atom stereocenters. The van der Waals surface area contributed by atoms with Crippen molar-refractivity contribution in [3.63, 3.8) is 0 Å². The molecule has 0 spiro atoms. The highest BCUT2D eigenvalue weighted by Gasteiger charge is 2.06. The van der Waals surface area contributed by atoms with Crippen LogP contribution in [0.4, 0.5) is 11.4 Å². The first-order chi connectivity index (χ1) is 12.6. The Kier molecular flexibility index (Phi) is 7.66. The summed E-state index contributed by atoms with van der Waals surface area (Å²) in [7, 11) is 1.58. The van der Waals surface area contributed by atoms with E-state index in [0.29, 0.717) is 24.6 Å². The number of aliphatic hydroxyl groups excluding tert-OH is 1. The fourth-order valence-electron chi connectivity index (χ4n) is 2.33. The lowest BCUT2D eigenvalue weighted by molar-refractivity contribution is -0.384. The van der Waals surface area contributed by atoms with Crippen molar-refractivity contribution in [1.82, 2.24) is 5.32 Å². The van der Waals surface area contributed by atoms with Crippen LogP contribution < -0.4 is 20.1 Å². The molecule has 0 saturated heterocycles. The van der Waals surface area contributed by atoms with Gasteiger partial charge in [-0.3, -0.25) is 10.1 Å². The van der Waals surface area contributed by atoms with Gasteiger partial charge in [0, 0.05) is 37.5 Å². The maximum atomic E-state index is 10.6. The number of aliphatic hydroxyl groups is 1. The van der Waals surface area contributed by atoms with E-state index in [2.05, 4.69) is 10.6 Å². The average Bonchev–Trinajstić information content (AvgIpc) is 2.66. The number of methoxy groups -OCH3 is 1. The van der Waals surface area contributed by atoms with Crippen LogP contribution >= 0.6 is 0 Å². The van der Waals surface area contributed by atoms with Gasteiger partial charge >= 0.3 is 0 Å². The van der Waals surface area contributed by atoms with E-state index in [9.17, 15) is 10.1 Å². The van der Waals surface area contributed by atoms with E-state index in [1.54, 1.807) is 19.2 Å². The van der Waals surface area contributed by atoms with Gasteiger partial charge in [0.1, 0.15) is 6.61 Å². The van der Waals surface area contributed by atoms with Crippen molar-refractivity contribution in [3.05, 3.63) is 58.1 Å². The summed E-state index contributed by atoms with van der Waals surface area (Å²) in [6.07, 6.45) is 0. The average molecular weight is 361 g/mol. The molecule has 3 N–H and O–H groups in total. The molecule has 2 aromatic rings. The molecule has 8 heteroatoms. The first-order valence-corrected chi connectivity index (χ1v) is 8.23. The molecule has 26 heavy (non-hydrogen) atoms. The van der Waals surface area contributed by atoms with Crippen LogP contribution in [0.25, 0.3) is 0 Å². The summed E-state index contributed by atoms with van der Waals surface area (Å²) in [4.78, 5) is 10.2. The third-order valence-electron chi connectivity index (χ3n) is 3.62. The Labute approximate surface area is 151 Å². The Morgan fingerprint density at radius 3 is 2.54 bits per heavy atom. The molecule has 0 atom stereocenters. The fourth-order valence-corrected chi connectivity index (χ4v) is 2.33. The molecule has 2 aromatic carbocycles. The van der Waals surface area contributed by atoms with Crippen molar-refractivity contribution in [2.45, 2.75) is 6.54 Å². The third kappa shape index (κ3) is 5.91. The largest absolute Gasteiger partial charge is 0.493 e. The van der Waals surface area contributed by atoms with E-state index >= 15 is 0 Å². The quantitative estimate of drug-likeness (QED) is 0.320. The second-order valence-electron chi connectivity index (χ2n) is 5.46. The monoisotopic (exact) mass is 361 g/mol. The predicted molar refractivity (Wildman–Crippen MR) is 98.9 cm³/mol. The number of nitrogens with zero attached hydrogens (tertiary/aromatic N) is 1. The second-order valence-corrected chi connectivity index (χ2v) is 5.46. The number of nitrogens with one attached hydrogen (secondary N) is 2. The summed E-state index contributed by atoms with van der Waals surface area (Å²) >= 11 is 0. The minimum atomic E-state index is -0.417. The molecule has 0 aliphatic heterocycles. The summed E-state index contributed by atoms with van der Waals surface area (Å²) in [6.45, 7) is 2.25. The molecular weight excluding hydrogens is 338 g/mol. The van der Waals surface area contributed by atoms with Crippen LogP contribution in [0.1, 0.15) is 5.56 Å². The number of anilines is 1. The van der Waals surface area contributed by atoms with Gasteiger partial charge < -0.3 is 25.2 Å². The summed E-state index contributed by atoms with van der Waals surface area (Å²) in [5, 5.41) is 25.9. The minimum absolute atomic E-state index is 0.0474. The van der Waals surface area contributed by atoms with E-state index in [1.165, 1.54) is 12.1 Å². The smallest absolute Gasteiger partial charge is 0.269 e. The molecule has 0 bridgehead atoms. The number of non-ortho nitro benzene ring substituents is 1. The highest BCUT2D eigenvalue weighted by atomic mass is 16.6. The van der Waals surface area contributed by atoms with Gasteiger partial charge in [0.05, 0.1) is 18.6 Å². The summed E-state index contributed by atoms with van der Waals surface area (Å²) in [6, 6.07) is 12.0. The van der Waals surface area contributed by atoms with Crippen LogP contribution in [-0.2, 0) is 6.54 Å². The first-order valence-electron chi connectivity index (χ1n) is 8.23. The predicted octanol–water partition coefficient (Wildman–Crippen LogP) is 2.18. The number of nitro groups is 1. The van der Waals surface area contributed by atoms with E-state index < -0.39 is 4.92 Å². The molecule has 2 rings (SSSR count). The number of ether oxygens (including phenoxy) is 2. The van der Waals surface area contributed by atoms with E-state index in [1.807, 2.05) is 18.2 Å². The molecule has 140 valence electrons. The Hall–Kier alpha value is -2.84. The van der Waals surface area contributed by atoms with Crippen LogP contribution in [0.2, 0.25) is 0 Å². The molecule has 0 fully saturated rings. The topological polar surface area (TPSA) is 106 Å². The molecule has 0 radical (unpaired) electrons. The van der Waals surface area contributed by atoms with Gasteiger partial charge in [0.15, 0.2) is 11.5 Å². The Bertz CT molecular complexity index is 706. The van der Waals surface area contributed by atoms with E-state index in [-0.39, 0.29) is 18.9 Å². The van der Waals surface area contributed by atoms with Crippen LogP contribution in [0.15, 0.2) is 42.5 Å². The molecule has 0 saturated carbocycles. The highest BCUT2D eigenvalue weighted by Crippen LogP contribution is 2.27. The van der Waals surface area contributed by atoms with Gasteiger partial charge in [-0.2, -0.15) is 0 Å². The lowest BCUT2D eigenvalue weighted by atomic mass is 10.2. The highest BCUT2D eigenvalue weighted by molar-refractivity contribution is 5.48. The van der Waals surface area contributed by atoms with Gasteiger partial charge in [-0.25, -0.2) is 0 Å². The number of benzene rings is 2. The van der Waals surface area contributed by atoms with Crippen LogP contribution in [0, 0.1) is 10.1 Å². The van der Waals surface area contributed by atoms with Crippen molar-refractivity contribution in [2.75, 3.05) is 38.7 Å². The van der Waals surface area contributed by atoms with Crippen molar-refractivity contribution in [1.29, 1.82) is 0 Å². The fraction of sp³-hybridized carbons (Fsp3) is 0.333. The van der Waals surface area contributed by atoms with Gasteiger partial charge in [-0.15, -0.1) is 0 Å². The van der Waals surface area contributed by atoms with E-state index in [0.717, 1.165) is 17.8 Å². The van der Waals surface area contributed by atoms with Gasteiger partial charge in [0.2, 0.25) is 0 Å². The number of hydrogen-bond acceptors (Lipinski definition) is 7. The zero-order valence-corrected chi connectivity index (χ0v) is 14.6. The van der Waals surface area contributed by atoms with Crippen LogP contribution in [-0.4, -0.2) is 43.4 Å². The summed E-state index contributed by atoms with van der Waals surface area (Å²) in [5.41, 5.74) is 1.96. The molecular formula is C18H23N3O5. The molecule has 0 aliphatic rings. The SMILES string of the molecule is COc1cc(CNCCNc2ccc([N+](=O)[O-])cc2)ccc1OCCO. The summed E-state index contributed by atoms with van der Waals surface area (Å²) < 4.78 is 10.7. The van der Waals surface area contributed by atoms with Crippen LogP contribution in [0.5, 0.6) is 11.5 Å². The second kappa shape index (κ2) is 10.2. The summed E-state index contributed by atoms with van der Waals surface area (Å²) in [5.74, 6) is 1.23. The maximum absolute atomic E-state index is 10.6. The van der Waals surface area contributed by atoms with Gasteiger partial charge in [-0.05, 0) is 29.8 Å². The van der Waals surface area contributed by atoms with Gasteiger partial charge in [-0.1, -0.05) is 6.07 Å². The molecule has 0 aromatic heterocycles. The van der Waals surface area contributed by atoms with Crippen molar-refractivity contribution in [2.24, 2.45) is 0 Å². The normalized spacial score (nSPS) is 10.4. The maximum Gasteiger partial charge on any atom is 0.269 e. The van der Waals surface area contributed by atoms with Crippen molar-refractivity contribution in [3.8, 4) is 11.5 Å². The zero-order chi connectivity index (χ0) is 18.8. The first kappa shape index (κ1) is 19.5. The Balaban J connectivity index is 1.74. The Morgan fingerprint density at radius 1 is 1.12 bits per heavy atom. The van der Waals surface area contributed by atoms with Crippen molar-refractivity contribution >= 4 is 11.4 Å². The lowest BCUT2D eigenvalue weighted by Gasteiger charge is -2.12. The minimum Gasteiger partial charge on any atom is -0.493 e. The molecule has 8 nitrogen and oxygen atoms in total. The van der Waals surface area contributed by atoms with E-state index in [4.69, 9.17) is 14.6 Å². The standard InChI is InChI=1S/C18H23N3O5/c1-25-18-12-14(2-7-17(18)26-11-10-22)13-19-8-9-20-15-3-5-16(6-4-15)21(23)24/h2-7,12,19-20,22H,8-11,13H2,1H3. The molecule has 0 heterocycles. The Morgan fingerprint density at radius 2 is 1.88 bits per heavy atom. The third-order valence-corrected chi connectivity index (χ3v) is 3.62. The number of rotatable bonds is 11. The molecule has 0 aliphatic carbocycles. The number of nitro benzene ring substituents is 1. The number of hydrogen-bond donors (Lipinski definition) is 3. The van der Waals surface area contributed by atoms with Gasteiger partial charge in [0.25, 0.3) is 5.69 Å². The lowest BCUT2D eigenvalue weighted by Crippen LogP contribution is -2.21. The zero-order valence-electron chi connectivity index (χ0n) is 14.6. The molecule has 0 amide bonds.